The van der Waals surface area contributed by atoms with Gasteiger partial charge in [-0.2, -0.15) is 0 Å². The molecule has 0 saturated heterocycles. The normalized spacial score (nSPS) is 12.9. The van der Waals surface area contributed by atoms with Crippen molar-refractivity contribution >= 4 is 6.03 Å². The fraction of sp³-hybridized carbons (Fsp3) is 0.929. The summed E-state index contributed by atoms with van der Waals surface area (Å²) in [5, 5.41) is 2.91. The molecule has 0 aromatic carbocycles. The lowest BCUT2D eigenvalue weighted by molar-refractivity contribution is 0.109. The number of ether oxygens (including phenoxy) is 1. The van der Waals surface area contributed by atoms with Crippen LogP contribution >= 0.6 is 0 Å². The Morgan fingerprint density at radius 1 is 1.22 bits per heavy atom. The van der Waals surface area contributed by atoms with E-state index in [1.807, 2.05) is 11.8 Å². The van der Waals surface area contributed by atoms with E-state index in [0.717, 1.165) is 13.2 Å². The molecular formula is C14H30N2O2. The lowest BCUT2D eigenvalue weighted by atomic mass is 10.1. The Kier molecular flexibility index (Phi) is 8.81. The van der Waals surface area contributed by atoms with Crippen molar-refractivity contribution in [2.24, 2.45) is 11.8 Å². The van der Waals surface area contributed by atoms with Gasteiger partial charge in [0.15, 0.2) is 0 Å². The molecule has 0 fully saturated rings. The fourth-order valence-corrected chi connectivity index (χ4v) is 1.63. The van der Waals surface area contributed by atoms with Crippen molar-refractivity contribution in [1.82, 2.24) is 10.2 Å². The van der Waals surface area contributed by atoms with E-state index < -0.39 is 0 Å². The van der Waals surface area contributed by atoms with Crippen LogP contribution in [0.3, 0.4) is 0 Å². The van der Waals surface area contributed by atoms with E-state index in [9.17, 15) is 4.79 Å². The number of hydrogen-bond acceptors (Lipinski definition) is 2. The zero-order valence-electron chi connectivity index (χ0n) is 12.8. The summed E-state index contributed by atoms with van der Waals surface area (Å²) in [5.74, 6) is 1.00. The molecule has 0 bridgehead atoms. The number of nitrogens with one attached hydrogen (secondary N) is 1. The third-order valence-electron chi connectivity index (χ3n) is 3.03. The van der Waals surface area contributed by atoms with Gasteiger partial charge in [0.1, 0.15) is 0 Å². The first-order valence-corrected chi connectivity index (χ1v) is 7.02. The van der Waals surface area contributed by atoms with Crippen LogP contribution in [0.2, 0.25) is 0 Å². The highest BCUT2D eigenvalue weighted by molar-refractivity contribution is 5.74. The highest BCUT2D eigenvalue weighted by atomic mass is 16.5. The number of urea groups is 1. The van der Waals surface area contributed by atoms with Gasteiger partial charge in [0, 0.05) is 25.7 Å². The Morgan fingerprint density at radius 3 is 2.28 bits per heavy atom. The number of rotatable bonds is 8. The van der Waals surface area contributed by atoms with Gasteiger partial charge < -0.3 is 15.0 Å². The smallest absolute Gasteiger partial charge is 0.317 e. The van der Waals surface area contributed by atoms with Crippen molar-refractivity contribution in [3.05, 3.63) is 0 Å². The van der Waals surface area contributed by atoms with Crippen molar-refractivity contribution in [1.29, 1.82) is 0 Å². The fourth-order valence-electron chi connectivity index (χ4n) is 1.63. The van der Waals surface area contributed by atoms with E-state index in [0.29, 0.717) is 25.0 Å². The Labute approximate surface area is 112 Å². The van der Waals surface area contributed by atoms with Crippen molar-refractivity contribution in [2.45, 2.75) is 47.6 Å². The van der Waals surface area contributed by atoms with E-state index in [1.165, 1.54) is 0 Å². The van der Waals surface area contributed by atoms with Crippen LogP contribution in [0.4, 0.5) is 4.79 Å². The van der Waals surface area contributed by atoms with Gasteiger partial charge in [-0.1, -0.05) is 27.7 Å². The van der Waals surface area contributed by atoms with Gasteiger partial charge in [-0.15, -0.1) is 0 Å². The number of nitrogens with zero attached hydrogens (tertiary/aromatic N) is 1. The Bertz CT molecular complexity index is 230. The summed E-state index contributed by atoms with van der Waals surface area (Å²) in [4.78, 5) is 13.8. The van der Waals surface area contributed by atoms with Crippen LogP contribution in [-0.4, -0.2) is 43.3 Å². The molecule has 2 amide bonds. The van der Waals surface area contributed by atoms with Crippen LogP contribution in [0, 0.1) is 11.8 Å². The molecule has 1 unspecified atom stereocenters. The van der Waals surface area contributed by atoms with Crippen LogP contribution in [0.25, 0.3) is 0 Å². The summed E-state index contributed by atoms with van der Waals surface area (Å²) >= 11 is 0. The molecule has 0 aromatic rings. The predicted molar refractivity (Wildman–Crippen MR) is 75.7 cm³/mol. The Hall–Kier alpha value is -0.770. The molecule has 0 heterocycles. The molecule has 0 aliphatic heterocycles. The molecular weight excluding hydrogens is 228 g/mol. The van der Waals surface area contributed by atoms with Gasteiger partial charge in [-0.25, -0.2) is 4.79 Å². The highest BCUT2D eigenvalue weighted by Gasteiger charge is 2.20. The minimum Gasteiger partial charge on any atom is -0.379 e. The second-order valence-electron chi connectivity index (χ2n) is 5.47. The molecule has 0 aliphatic rings. The maximum atomic E-state index is 12.0. The lowest BCUT2D eigenvalue weighted by Crippen LogP contribution is -2.47. The molecule has 0 aromatic heterocycles. The van der Waals surface area contributed by atoms with Crippen LogP contribution in [0.5, 0.6) is 0 Å². The maximum Gasteiger partial charge on any atom is 0.317 e. The first-order chi connectivity index (χ1) is 8.40. The summed E-state index contributed by atoms with van der Waals surface area (Å²) < 4.78 is 5.43. The van der Waals surface area contributed by atoms with E-state index in [4.69, 9.17) is 4.74 Å². The van der Waals surface area contributed by atoms with Crippen molar-refractivity contribution in [3.63, 3.8) is 0 Å². The van der Waals surface area contributed by atoms with Gasteiger partial charge in [-0.05, 0) is 25.7 Å². The summed E-state index contributed by atoms with van der Waals surface area (Å²) in [6.45, 7) is 15.2. The van der Waals surface area contributed by atoms with Gasteiger partial charge in [0.25, 0.3) is 0 Å². The minimum atomic E-state index is 0.00634. The molecule has 4 heteroatoms. The largest absolute Gasteiger partial charge is 0.379 e. The van der Waals surface area contributed by atoms with Gasteiger partial charge in [-0.3, -0.25) is 0 Å². The lowest BCUT2D eigenvalue weighted by Gasteiger charge is -2.30. The molecule has 1 atom stereocenters. The average Bonchev–Trinajstić information content (AvgIpc) is 2.28. The van der Waals surface area contributed by atoms with Crippen molar-refractivity contribution in [2.75, 3.05) is 26.3 Å². The van der Waals surface area contributed by atoms with E-state index in [-0.39, 0.29) is 12.1 Å². The van der Waals surface area contributed by atoms with E-state index in [1.54, 1.807) is 0 Å². The second kappa shape index (κ2) is 9.20. The van der Waals surface area contributed by atoms with E-state index in [2.05, 4.69) is 39.9 Å². The quantitative estimate of drug-likeness (QED) is 0.680. The number of hydrogen-bond donors (Lipinski definition) is 1. The third-order valence-corrected chi connectivity index (χ3v) is 3.03. The molecule has 18 heavy (non-hydrogen) atoms. The zero-order chi connectivity index (χ0) is 14.1. The summed E-state index contributed by atoms with van der Waals surface area (Å²) in [6.07, 6.45) is 0. The van der Waals surface area contributed by atoms with Crippen molar-refractivity contribution < 1.29 is 9.53 Å². The molecule has 0 rings (SSSR count). The average molecular weight is 258 g/mol. The molecule has 0 saturated carbocycles. The molecule has 108 valence electrons. The summed E-state index contributed by atoms with van der Waals surface area (Å²) in [6, 6.07) is 0.262. The third kappa shape index (κ3) is 6.84. The first kappa shape index (κ1) is 17.2. The van der Waals surface area contributed by atoms with Gasteiger partial charge >= 0.3 is 6.03 Å². The number of amides is 2. The molecule has 4 nitrogen and oxygen atoms in total. The highest BCUT2D eigenvalue weighted by Crippen LogP contribution is 2.09. The zero-order valence-corrected chi connectivity index (χ0v) is 12.8. The van der Waals surface area contributed by atoms with E-state index >= 15 is 0 Å². The summed E-state index contributed by atoms with van der Waals surface area (Å²) in [7, 11) is 0. The standard InChI is InChI=1S/C14H30N2O2/c1-7-16(13(6)12(4)5)14(17)15-8-9-18-10-11(2)3/h11-13H,7-10H2,1-6H3,(H,15,17). The summed E-state index contributed by atoms with van der Waals surface area (Å²) in [5.41, 5.74) is 0. The van der Waals surface area contributed by atoms with Crippen LogP contribution in [0.1, 0.15) is 41.5 Å². The topological polar surface area (TPSA) is 41.6 Å². The number of carbonyl (C=O) groups is 1. The Balaban J connectivity index is 3.91. The van der Waals surface area contributed by atoms with Gasteiger partial charge in [0.05, 0.1) is 6.61 Å². The molecule has 0 aliphatic carbocycles. The Morgan fingerprint density at radius 2 is 1.83 bits per heavy atom. The van der Waals surface area contributed by atoms with Crippen LogP contribution in [0.15, 0.2) is 0 Å². The predicted octanol–water partition coefficient (Wildman–Crippen LogP) is 2.74. The van der Waals surface area contributed by atoms with Crippen LogP contribution < -0.4 is 5.32 Å². The van der Waals surface area contributed by atoms with Crippen LogP contribution in [-0.2, 0) is 4.74 Å². The molecule has 0 spiro atoms. The number of carbonyl (C=O) groups excluding carboxylic acids is 1. The SMILES string of the molecule is CCN(C(=O)NCCOCC(C)C)C(C)C(C)C. The van der Waals surface area contributed by atoms with Gasteiger partial charge in [0.2, 0.25) is 0 Å². The molecule has 1 N–H and O–H groups in total. The molecule has 0 radical (unpaired) electrons. The monoisotopic (exact) mass is 258 g/mol. The maximum absolute atomic E-state index is 12.0. The first-order valence-electron chi connectivity index (χ1n) is 7.02. The van der Waals surface area contributed by atoms with Crippen molar-refractivity contribution in [3.8, 4) is 0 Å². The second-order valence-corrected chi connectivity index (χ2v) is 5.47. The minimum absolute atomic E-state index is 0.00634.